The van der Waals surface area contributed by atoms with Crippen molar-refractivity contribution in [1.29, 1.82) is 0 Å². The molecule has 2 N–H and O–H groups in total. The number of ether oxygens (including phenoxy) is 1. The van der Waals surface area contributed by atoms with Crippen molar-refractivity contribution in [1.82, 2.24) is 15.0 Å². The van der Waals surface area contributed by atoms with Gasteiger partial charge in [0.05, 0.1) is 24.3 Å². The number of aryl methyl sites for hydroxylation is 2. The number of nitrogens with two attached hydrogens (primary N) is 1. The zero-order valence-electron chi connectivity index (χ0n) is 16.4. The maximum absolute atomic E-state index is 12.9. The minimum atomic E-state index is 0.121. The van der Waals surface area contributed by atoms with Crippen molar-refractivity contribution in [2.45, 2.75) is 26.2 Å². The molecule has 148 valence electrons. The molecule has 0 amide bonds. The minimum absolute atomic E-state index is 0.121. The van der Waals surface area contributed by atoms with Crippen LogP contribution in [-0.4, -0.2) is 47.0 Å². The highest BCUT2D eigenvalue weighted by atomic mass is 16.5. The number of fused-ring (bicyclic) bond motifs is 2. The largest absolute Gasteiger partial charge is 0.383 e. The van der Waals surface area contributed by atoms with E-state index in [2.05, 4.69) is 9.88 Å². The van der Waals surface area contributed by atoms with Gasteiger partial charge in [-0.1, -0.05) is 24.3 Å². The maximum atomic E-state index is 12.9. The topological polar surface area (TPSA) is 94.2 Å². The van der Waals surface area contributed by atoms with E-state index in [4.69, 9.17) is 20.4 Å². The van der Waals surface area contributed by atoms with E-state index in [1.54, 1.807) is 0 Å². The van der Waals surface area contributed by atoms with Crippen LogP contribution in [0.4, 0.5) is 11.8 Å². The standard InChI is InChI=1S/C22H23N5O2/c1-13-5-2-3-6-14(13)17-18-15(7-4-8-16(18)28)24-21-19(17)20(23)25-22(26-21)27-9-11-29-12-10-27/h2-3,5-6H,4,7-12H2,1H3,(H2,23,24,25,26). The molecule has 1 fully saturated rings. The fourth-order valence-corrected chi connectivity index (χ4v) is 4.28. The summed E-state index contributed by atoms with van der Waals surface area (Å²) in [6, 6.07) is 8.04. The molecule has 0 radical (unpaired) electrons. The highest BCUT2D eigenvalue weighted by molar-refractivity contribution is 6.13. The third-order valence-electron chi connectivity index (χ3n) is 5.74. The summed E-state index contributed by atoms with van der Waals surface area (Å²) in [7, 11) is 0. The molecular formula is C22H23N5O2. The molecule has 1 aliphatic carbocycles. The Kier molecular flexibility index (Phi) is 4.39. The van der Waals surface area contributed by atoms with Gasteiger partial charge < -0.3 is 15.4 Å². The number of nitrogen functional groups attached to an aromatic ring is 1. The SMILES string of the molecule is Cc1ccccc1-c1c2c(nc3nc(N4CCOCC4)nc(N)c13)CCCC2=O. The lowest BCUT2D eigenvalue weighted by atomic mass is 9.85. The zero-order valence-corrected chi connectivity index (χ0v) is 16.4. The quantitative estimate of drug-likeness (QED) is 0.720. The van der Waals surface area contributed by atoms with Crippen LogP contribution >= 0.6 is 0 Å². The summed E-state index contributed by atoms with van der Waals surface area (Å²) in [5.41, 5.74) is 11.4. The van der Waals surface area contributed by atoms with Gasteiger partial charge in [0.2, 0.25) is 5.95 Å². The second-order valence-electron chi connectivity index (χ2n) is 7.61. The van der Waals surface area contributed by atoms with Gasteiger partial charge in [-0.15, -0.1) is 0 Å². The summed E-state index contributed by atoms with van der Waals surface area (Å²) in [4.78, 5) is 29.1. The number of nitrogens with zero attached hydrogens (tertiary/aromatic N) is 4. The Balaban J connectivity index is 1.82. The van der Waals surface area contributed by atoms with Crippen LogP contribution in [0.15, 0.2) is 24.3 Å². The maximum Gasteiger partial charge on any atom is 0.229 e. The monoisotopic (exact) mass is 389 g/mol. The van der Waals surface area contributed by atoms with Crippen LogP contribution < -0.4 is 10.6 Å². The van der Waals surface area contributed by atoms with Crippen LogP contribution in [0, 0.1) is 6.92 Å². The van der Waals surface area contributed by atoms with Crippen molar-refractivity contribution in [3.63, 3.8) is 0 Å². The Morgan fingerprint density at radius 2 is 1.83 bits per heavy atom. The van der Waals surface area contributed by atoms with Crippen molar-refractivity contribution in [2.75, 3.05) is 36.9 Å². The lowest BCUT2D eigenvalue weighted by Gasteiger charge is -2.27. The van der Waals surface area contributed by atoms with Crippen molar-refractivity contribution in [2.24, 2.45) is 0 Å². The lowest BCUT2D eigenvalue weighted by Crippen LogP contribution is -2.37. The molecule has 29 heavy (non-hydrogen) atoms. The van der Waals surface area contributed by atoms with Crippen LogP contribution in [0.1, 0.15) is 34.5 Å². The van der Waals surface area contributed by atoms with Gasteiger partial charge in [0.15, 0.2) is 11.4 Å². The first-order valence-corrected chi connectivity index (χ1v) is 10.1. The van der Waals surface area contributed by atoms with Crippen LogP contribution in [0.5, 0.6) is 0 Å². The molecule has 2 aromatic heterocycles. The average molecular weight is 389 g/mol. The molecule has 1 aliphatic heterocycles. The van der Waals surface area contributed by atoms with E-state index in [0.717, 1.165) is 48.3 Å². The van der Waals surface area contributed by atoms with Crippen molar-refractivity contribution in [3.8, 4) is 11.1 Å². The number of pyridine rings is 1. The van der Waals surface area contributed by atoms with Gasteiger partial charge in [0, 0.05) is 30.6 Å². The number of benzene rings is 1. The first kappa shape index (κ1) is 18.0. The number of morpholine rings is 1. The molecule has 5 rings (SSSR count). The summed E-state index contributed by atoms with van der Waals surface area (Å²) in [5, 5.41) is 0.672. The molecule has 1 saturated heterocycles. The molecule has 0 saturated carbocycles. The molecule has 2 aliphatic rings. The average Bonchev–Trinajstić information content (AvgIpc) is 2.73. The van der Waals surface area contributed by atoms with Gasteiger partial charge in [-0.2, -0.15) is 9.97 Å². The number of rotatable bonds is 2. The molecule has 7 nitrogen and oxygen atoms in total. The minimum Gasteiger partial charge on any atom is -0.383 e. The molecule has 0 atom stereocenters. The van der Waals surface area contributed by atoms with Crippen LogP contribution in [-0.2, 0) is 11.2 Å². The molecule has 0 bridgehead atoms. The fraction of sp³-hybridized carbons (Fsp3) is 0.364. The Hall–Kier alpha value is -3.06. The number of hydrogen-bond acceptors (Lipinski definition) is 7. The molecule has 0 spiro atoms. The third kappa shape index (κ3) is 3.02. The predicted molar refractivity (Wildman–Crippen MR) is 112 cm³/mol. The van der Waals surface area contributed by atoms with Crippen LogP contribution in [0.25, 0.3) is 22.2 Å². The third-order valence-corrected chi connectivity index (χ3v) is 5.74. The van der Waals surface area contributed by atoms with Crippen molar-refractivity contribution >= 4 is 28.6 Å². The van der Waals surface area contributed by atoms with Gasteiger partial charge in [0.1, 0.15) is 5.82 Å². The Morgan fingerprint density at radius 1 is 1.03 bits per heavy atom. The van der Waals surface area contributed by atoms with E-state index in [-0.39, 0.29) is 5.78 Å². The van der Waals surface area contributed by atoms with E-state index >= 15 is 0 Å². The van der Waals surface area contributed by atoms with E-state index in [9.17, 15) is 4.79 Å². The highest BCUT2D eigenvalue weighted by Gasteiger charge is 2.28. The van der Waals surface area contributed by atoms with Gasteiger partial charge in [0.25, 0.3) is 0 Å². The number of carbonyl (C=O) groups is 1. The number of ketones is 1. The first-order valence-electron chi connectivity index (χ1n) is 10.1. The van der Waals surface area contributed by atoms with Gasteiger partial charge in [-0.05, 0) is 30.9 Å². The molecular weight excluding hydrogens is 366 g/mol. The van der Waals surface area contributed by atoms with E-state index in [1.807, 2.05) is 31.2 Å². The van der Waals surface area contributed by atoms with Crippen molar-refractivity contribution < 1.29 is 9.53 Å². The van der Waals surface area contributed by atoms with Gasteiger partial charge in [-0.25, -0.2) is 4.98 Å². The predicted octanol–water partition coefficient (Wildman–Crippen LogP) is 2.94. The van der Waals surface area contributed by atoms with Crippen molar-refractivity contribution in [3.05, 3.63) is 41.1 Å². The van der Waals surface area contributed by atoms with E-state index < -0.39 is 0 Å². The van der Waals surface area contributed by atoms with Gasteiger partial charge >= 0.3 is 0 Å². The normalized spacial score (nSPS) is 16.9. The number of Topliss-reactive ketones (excluding diaryl/α,β-unsaturated/α-hetero) is 1. The molecule has 3 heterocycles. The second kappa shape index (κ2) is 7.08. The number of carbonyl (C=O) groups excluding carboxylic acids is 1. The van der Waals surface area contributed by atoms with Gasteiger partial charge in [-0.3, -0.25) is 4.79 Å². The van der Waals surface area contributed by atoms with E-state index in [1.165, 1.54) is 0 Å². The summed E-state index contributed by atoms with van der Waals surface area (Å²) >= 11 is 0. The number of anilines is 2. The molecule has 7 heteroatoms. The first-order chi connectivity index (χ1) is 14.1. The smallest absolute Gasteiger partial charge is 0.229 e. The zero-order chi connectivity index (χ0) is 20.0. The lowest BCUT2D eigenvalue weighted by molar-refractivity contribution is 0.0972. The molecule has 0 unspecified atom stereocenters. The summed E-state index contributed by atoms with van der Waals surface area (Å²) in [6.07, 6.45) is 2.12. The fourth-order valence-electron chi connectivity index (χ4n) is 4.28. The van der Waals surface area contributed by atoms with E-state index in [0.29, 0.717) is 48.0 Å². The van der Waals surface area contributed by atoms with Crippen LogP contribution in [0.3, 0.4) is 0 Å². The summed E-state index contributed by atoms with van der Waals surface area (Å²) in [6.45, 7) is 4.77. The Morgan fingerprint density at radius 3 is 2.62 bits per heavy atom. The Labute approximate surface area is 168 Å². The summed E-state index contributed by atoms with van der Waals surface area (Å²) in [5.74, 6) is 1.06. The molecule has 3 aromatic rings. The highest BCUT2D eigenvalue weighted by Crippen LogP contribution is 2.39. The number of hydrogen-bond donors (Lipinski definition) is 1. The second-order valence-corrected chi connectivity index (χ2v) is 7.61. The number of aromatic nitrogens is 3. The van der Waals surface area contributed by atoms with Crippen LogP contribution in [0.2, 0.25) is 0 Å². The summed E-state index contributed by atoms with van der Waals surface area (Å²) < 4.78 is 5.43. The Bertz CT molecular complexity index is 1120. The molecule has 1 aromatic carbocycles.